The fourth-order valence-corrected chi connectivity index (χ4v) is 4.74. The summed E-state index contributed by atoms with van der Waals surface area (Å²) in [6.45, 7) is 1.99. The molecule has 0 saturated carbocycles. The second kappa shape index (κ2) is 10.8. The number of amides is 2. The molecule has 0 spiro atoms. The Kier molecular flexibility index (Phi) is 7.41. The van der Waals surface area contributed by atoms with Crippen LogP contribution >= 0.6 is 0 Å². The number of hydrogen-bond donors (Lipinski definition) is 2. The van der Waals surface area contributed by atoms with Gasteiger partial charge in [-0.25, -0.2) is 0 Å². The van der Waals surface area contributed by atoms with Gasteiger partial charge < -0.3 is 11.1 Å². The Morgan fingerprint density at radius 1 is 0.714 bits per heavy atom. The number of aryl methyl sites for hydroxylation is 1. The third kappa shape index (κ3) is 5.33. The number of hydrogen-bond acceptors (Lipinski definition) is 2. The van der Waals surface area contributed by atoms with Crippen molar-refractivity contribution in [3.8, 4) is 0 Å². The average Bonchev–Trinajstić information content (AvgIpc) is 2.89. The molecule has 1 atom stereocenters. The van der Waals surface area contributed by atoms with E-state index in [2.05, 4.69) is 5.32 Å². The number of carbonyl (C=O) groups is 2. The Balaban J connectivity index is 1.74. The van der Waals surface area contributed by atoms with Crippen molar-refractivity contribution in [1.82, 2.24) is 5.32 Å². The van der Waals surface area contributed by atoms with Crippen LogP contribution in [0, 0.1) is 6.92 Å². The second-order valence-corrected chi connectivity index (χ2v) is 8.83. The standard InChI is InChI=1S/C31H30N2O2/c1-23-13-11-12-14-24(23)21-28(30(32)35)33-29(34)22-31(25-15-5-2-6-16-25,26-17-7-3-8-18-26)27-19-9-4-10-20-27/h2-20,28H,21-22H2,1H3,(H2,32,35)(H,33,34)/t28-/m1/s1. The maximum absolute atomic E-state index is 13.6. The summed E-state index contributed by atoms with van der Waals surface area (Å²) in [5, 5.41) is 2.94. The first-order valence-electron chi connectivity index (χ1n) is 11.8. The molecule has 3 N–H and O–H groups in total. The summed E-state index contributed by atoms with van der Waals surface area (Å²) in [5.74, 6) is -0.787. The van der Waals surface area contributed by atoms with E-state index in [1.807, 2.05) is 122 Å². The fraction of sp³-hybridized carbons (Fsp3) is 0.161. The summed E-state index contributed by atoms with van der Waals surface area (Å²) < 4.78 is 0. The van der Waals surface area contributed by atoms with Crippen LogP contribution in [0.4, 0.5) is 0 Å². The minimum absolute atomic E-state index is 0.128. The van der Waals surface area contributed by atoms with Crippen LogP contribution in [0.3, 0.4) is 0 Å². The van der Waals surface area contributed by atoms with Crippen molar-refractivity contribution in [3.63, 3.8) is 0 Å². The minimum atomic E-state index is -0.802. The number of carbonyl (C=O) groups excluding carboxylic acids is 2. The van der Waals surface area contributed by atoms with Crippen LogP contribution in [-0.2, 0) is 21.4 Å². The van der Waals surface area contributed by atoms with Crippen molar-refractivity contribution in [2.75, 3.05) is 0 Å². The van der Waals surface area contributed by atoms with Gasteiger partial charge in [-0.1, -0.05) is 115 Å². The zero-order valence-electron chi connectivity index (χ0n) is 19.9. The molecule has 4 aromatic carbocycles. The van der Waals surface area contributed by atoms with Gasteiger partial charge in [0.05, 0.1) is 5.41 Å². The molecule has 4 aromatic rings. The van der Waals surface area contributed by atoms with Gasteiger partial charge in [0.2, 0.25) is 11.8 Å². The number of nitrogens with two attached hydrogens (primary N) is 1. The van der Waals surface area contributed by atoms with E-state index in [1.165, 1.54) is 0 Å². The SMILES string of the molecule is Cc1ccccc1C[C@@H](NC(=O)CC(c1ccccc1)(c1ccccc1)c1ccccc1)C(N)=O. The molecule has 2 amide bonds. The highest BCUT2D eigenvalue weighted by Crippen LogP contribution is 2.42. The molecule has 0 aromatic heterocycles. The molecule has 0 fully saturated rings. The van der Waals surface area contributed by atoms with Crippen LogP contribution in [0.15, 0.2) is 115 Å². The highest BCUT2D eigenvalue weighted by Gasteiger charge is 2.39. The van der Waals surface area contributed by atoms with Crippen molar-refractivity contribution in [2.45, 2.75) is 31.2 Å². The zero-order valence-corrected chi connectivity index (χ0v) is 19.9. The lowest BCUT2D eigenvalue weighted by atomic mass is 9.67. The van der Waals surface area contributed by atoms with Gasteiger partial charge in [-0.05, 0) is 34.7 Å². The summed E-state index contributed by atoms with van der Waals surface area (Å²) in [7, 11) is 0. The molecule has 4 rings (SSSR count). The van der Waals surface area contributed by atoms with Crippen molar-refractivity contribution in [2.24, 2.45) is 5.73 Å². The van der Waals surface area contributed by atoms with Crippen LogP contribution in [0.25, 0.3) is 0 Å². The largest absolute Gasteiger partial charge is 0.368 e. The van der Waals surface area contributed by atoms with E-state index in [0.717, 1.165) is 27.8 Å². The second-order valence-electron chi connectivity index (χ2n) is 8.83. The van der Waals surface area contributed by atoms with Gasteiger partial charge in [0.1, 0.15) is 6.04 Å². The van der Waals surface area contributed by atoms with E-state index in [9.17, 15) is 9.59 Å². The van der Waals surface area contributed by atoms with Crippen LogP contribution in [0.2, 0.25) is 0 Å². The van der Waals surface area contributed by atoms with Gasteiger partial charge in [0.15, 0.2) is 0 Å². The Labute approximate surface area is 206 Å². The predicted octanol–water partition coefficient (Wildman–Crippen LogP) is 4.93. The monoisotopic (exact) mass is 462 g/mol. The van der Waals surface area contributed by atoms with Crippen LogP contribution < -0.4 is 11.1 Å². The van der Waals surface area contributed by atoms with E-state index in [0.29, 0.717) is 6.42 Å². The van der Waals surface area contributed by atoms with Crippen molar-refractivity contribution >= 4 is 11.8 Å². The molecular weight excluding hydrogens is 432 g/mol. The van der Waals surface area contributed by atoms with Crippen molar-refractivity contribution in [3.05, 3.63) is 143 Å². The maximum Gasteiger partial charge on any atom is 0.240 e. The number of benzene rings is 4. The quantitative estimate of drug-likeness (QED) is 0.346. The van der Waals surface area contributed by atoms with Gasteiger partial charge in [0, 0.05) is 12.8 Å². The van der Waals surface area contributed by atoms with E-state index in [1.54, 1.807) is 0 Å². The summed E-state index contributed by atoms with van der Waals surface area (Å²) in [6, 6.07) is 37.1. The molecule has 0 heterocycles. The Morgan fingerprint density at radius 3 is 1.57 bits per heavy atom. The Bertz CT molecular complexity index is 1170. The molecule has 0 aliphatic heterocycles. The molecule has 0 saturated heterocycles. The number of primary amides is 1. The third-order valence-electron chi connectivity index (χ3n) is 6.59. The predicted molar refractivity (Wildman–Crippen MR) is 140 cm³/mol. The van der Waals surface area contributed by atoms with Gasteiger partial charge in [-0.15, -0.1) is 0 Å². The highest BCUT2D eigenvalue weighted by atomic mass is 16.2. The molecule has 0 radical (unpaired) electrons. The topological polar surface area (TPSA) is 72.2 Å². The zero-order chi connectivity index (χ0) is 24.7. The van der Waals surface area contributed by atoms with Gasteiger partial charge >= 0.3 is 0 Å². The summed E-state index contributed by atoms with van der Waals surface area (Å²) >= 11 is 0. The molecule has 4 heteroatoms. The highest BCUT2D eigenvalue weighted by molar-refractivity contribution is 5.88. The first-order chi connectivity index (χ1) is 17.0. The minimum Gasteiger partial charge on any atom is -0.368 e. The summed E-state index contributed by atoms with van der Waals surface area (Å²) in [5.41, 5.74) is 10.0. The molecule has 0 bridgehead atoms. The van der Waals surface area contributed by atoms with Gasteiger partial charge in [0.25, 0.3) is 0 Å². The third-order valence-corrected chi connectivity index (χ3v) is 6.59. The normalized spacial score (nSPS) is 12.0. The Morgan fingerprint density at radius 2 is 1.14 bits per heavy atom. The van der Waals surface area contributed by atoms with Crippen molar-refractivity contribution in [1.29, 1.82) is 0 Å². The van der Waals surface area contributed by atoms with E-state index in [-0.39, 0.29) is 12.3 Å². The first-order valence-corrected chi connectivity index (χ1v) is 11.8. The van der Waals surface area contributed by atoms with E-state index < -0.39 is 17.4 Å². The van der Waals surface area contributed by atoms with Crippen LogP contribution in [0.5, 0.6) is 0 Å². The Hall–Kier alpha value is -4.18. The molecule has 176 valence electrons. The van der Waals surface area contributed by atoms with Crippen molar-refractivity contribution < 1.29 is 9.59 Å². The van der Waals surface area contributed by atoms with E-state index >= 15 is 0 Å². The number of nitrogens with one attached hydrogen (secondary N) is 1. The lowest BCUT2D eigenvalue weighted by molar-refractivity contribution is -0.127. The van der Waals surface area contributed by atoms with Crippen LogP contribution in [-0.4, -0.2) is 17.9 Å². The molecule has 0 aliphatic carbocycles. The van der Waals surface area contributed by atoms with Gasteiger partial charge in [-0.2, -0.15) is 0 Å². The fourth-order valence-electron chi connectivity index (χ4n) is 4.74. The lowest BCUT2D eigenvalue weighted by Crippen LogP contribution is -2.48. The smallest absolute Gasteiger partial charge is 0.240 e. The maximum atomic E-state index is 13.6. The molecule has 0 unspecified atom stereocenters. The van der Waals surface area contributed by atoms with Gasteiger partial charge in [-0.3, -0.25) is 9.59 Å². The molecule has 35 heavy (non-hydrogen) atoms. The number of rotatable bonds is 9. The first kappa shape index (κ1) is 24.0. The average molecular weight is 463 g/mol. The molecular formula is C31H30N2O2. The summed E-state index contributed by atoms with van der Waals surface area (Å²) in [6.07, 6.45) is 0.478. The summed E-state index contributed by atoms with van der Waals surface area (Å²) in [4.78, 5) is 26.0. The molecule has 4 nitrogen and oxygen atoms in total. The van der Waals surface area contributed by atoms with Crippen LogP contribution in [0.1, 0.15) is 34.2 Å². The van der Waals surface area contributed by atoms with E-state index in [4.69, 9.17) is 5.73 Å². The lowest BCUT2D eigenvalue weighted by Gasteiger charge is -2.36. The molecule has 0 aliphatic rings.